The molecule has 130 valence electrons. The molecule has 6 atom stereocenters. The second-order valence-corrected chi connectivity index (χ2v) is 8.67. The van der Waals surface area contributed by atoms with Gasteiger partial charge in [-0.3, -0.25) is 9.69 Å². The molecule has 0 aromatic heterocycles. The molecule has 1 saturated heterocycles. The summed E-state index contributed by atoms with van der Waals surface area (Å²) in [7, 11) is 1.54. The predicted octanol–water partition coefficient (Wildman–Crippen LogP) is 2.56. The van der Waals surface area contributed by atoms with Crippen LogP contribution in [-0.2, 0) is 14.9 Å². The minimum Gasteiger partial charge on any atom is -0.469 e. The lowest BCUT2D eigenvalue weighted by Crippen LogP contribution is -2.63. The van der Waals surface area contributed by atoms with E-state index in [9.17, 15) is 4.79 Å². The van der Waals surface area contributed by atoms with Gasteiger partial charge in [0.25, 0.3) is 0 Å². The highest BCUT2D eigenvalue weighted by Crippen LogP contribution is 2.78. The zero-order valence-electron chi connectivity index (χ0n) is 14.8. The second-order valence-electron chi connectivity index (χ2n) is 8.67. The highest BCUT2D eigenvalue weighted by molar-refractivity contribution is 5.82. The van der Waals surface area contributed by atoms with Crippen molar-refractivity contribution in [2.45, 2.75) is 36.8 Å². The van der Waals surface area contributed by atoms with E-state index in [4.69, 9.17) is 4.74 Å². The Balaban J connectivity index is 1.69. The second kappa shape index (κ2) is 4.12. The number of carbonyl (C=O) groups is 1. The molecule has 0 radical (unpaired) electrons. The van der Waals surface area contributed by atoms with E-state index in [-0.39, 0.29) is 28.3 Å². The summed E-state index contributed by atoms with van der Waals surface area (Å²) in [4.78, 5) is 15.6. The first kappa shape index (κ1) is 14.4. The van der Waals surface area contributed by atoms with Crippen LogP contribution in [0.2, 0.25) is 0 Å². The highest BCUT2D eigenvalue weighted by Gasteiger charge is 2.85. The fourth-order valence-corrected chi connectivity index (χ4v) is 7.93. The van der Waals surface area contributed by atoms with Crippen molar-refractivity contribution < 1.29 is 9.53 Å². The third-order valence-corrected chi connectivity index (χ3v) is 8.47. The molecule has 0 amide bonds. The SMILES string of the molecule is COC(=O)[C@@H]1C[C@]23C=CCN4CC[C@@]5(c6ccccc6N[C@@]15[C@@H]2C)[C@@H]43. The summed E-state index contributed by atoms with van der Waals surface area (Å²) < 4.78 is 5.30. The lowest BCUT2D eigenvalue weighted by atomic mass is 9.57. The van der Waals surface area contributed by atoms with E-state index in [1.165, 1.54) is 18.4 Å². The van der Waals surface area contributed by atoms with E-state index in [0.29, 0.717) is 12.0 Å². The molecule has 3 aliphatic heterocycles. The first-order valence-electron chi connectivity index (χ1n) is 9.49. The van der Waals surface area contributed by atoms with E-state index in [1.54, 1.807) is 0 Å². The van der Waals surface area contributed by atoms with Crippen LogP contribution in [0.25, 0.3) is 0 Å². The summed E-state index contributed by atoms with van der Waals surface area (Å²) in [5.74, 6) is 0.277. The smallest absolute Gasteiger partial charge is 0.311 e. The molecule has 1 aromatic carbocycles. The van der Waals surface area contributed by atoms with Crippen molar-refractivity contribution in [1.29, 1.82) is 0 Å². The number of esters is 1. The Kier molecular flexibility index (Phi) is 2.37. The Bertz CT molecular complexity index is 835. The van der Waals surface area contributed by atoms with E-state index < -0.39 is 0 Å². The van der Waals surface area contributed by atoms with Gasteiger partial charge < -0.3 is 10.1 Å². The van der Waals surface area contributed by atoms with Crippen LogP contribution in [0.5, 0.6) is 0 Å². The lowest BCUT2D eigenvalue weighted by Gasteiger charge is -2.50. The predicted molar refractivity (Wildman–Crippen MR) is 95.3 cm³/mol. The quantitative estimate of drug-likeness (QED) is 0.632. The molecule has 25 heavy (non-hydrogen) atoms. The number of para-hydroxylation sites is 1. The average molecular weight is 336 g/mol. The maximum Gasteiger partial charge on any atom is 0.311 e. The number of carbonyl (C=O) groups excluding carboxylic acids is 1. The van der Waals surface area contributed by atoms with Crippen LogP contribution < -0.4 is 5.32 Å². The van der Waals surface area contributed by atoms with Gasteiger partial charge in [-0.05, 0) is 36.9 Å². The maximum atomic E-state index is 12.9. The molecule has 6 rings (SSSR count). The number of methoxy groups -OCH3 is 1. The Morgan fingerprint density at radius 1 is 1.36 bits per heavy atom. The molecule has 2 aliphatic carbocycles. The summed E-state index contributed by atoms with van der Waals surface area (Å²) in [6, 6.07) is 9.25. The van der Waals surface area contributed by atoms with Crippen molar-refractivity contribution >= 4 is 11.7 Å². The Morgan fingerprint density at radius 3 is 3.04 bits per heavy atom. The van der Waals surface area contributed by atoms with Crippen molar-refractivity contribution in [3.63, 3.8) is 0 Å². The van der Waals surface area contributed by atoms with Gasteiger partial charge in [0.2, 0.25) is 0 Å². The third-order valence-electron chi connectivity index (χ3n) is 8.47. The Labute approximate surface area is 148 Å². The average Bonchev–Trinajstić information content (AvgIpc) is 3.29. The monoisotopic (exact) mass is 336 g/mol. The zero-order valence-corrected chi connectivity index (χ0v) is 14.8. The van der Waals surface area contributed by atoms with Gasteiger partial charge in [-0.2, -0.15) is 0 Å². The maximum absolute atomic E-state index is 12.9. The van der Waals surface area contributed by atoms with Crippen molar-refractivity contribution in [2.24, 2.45) is 17.3 Å². The van der Waals surface area contributed by atoms with Crippen LogP contribution >= 0.6 is 0 Å². The van der Waals surface area contributed by atoms with Gasteiger partial charge in [0.15, 0.2) is 0 Å². The van der Waals surface area contributed by atoms with Crippen LogP contribution in [0.1, 0.15) is 25.3 Å². The first-order valence-corrected chi connectivity index (χ1v) is 9.49. The fourth-order valence-electron chi connectivity index (χ4n) is 7.93. The van der Waals surface area contributed by atoms with Crippen LogP contribution in [0.15, 0.2) is 36.4 Å². The number of nitrogens with one attached hydrogen (secondary N) is 1. The molecule has 1 N–H and O–H groups in total. The molecule has 2 bridgehead atoms. The summed E-state index contributed by atoms with van der Waals surface area (Å²) in [6.45, 7) is 4.53. The highest BCUT2D eigenvalue weighted by atomic mass is 16.5. The van der Waals surface area contributed by atoms with E-state index >= 15 is 0 Å². The van der Waals surface area contributed by atoms with Gasteiger partial charge in [0.1, 0.15) is 0 Å². The van der Waals surface area contributed by atoms with Crippen molar-refractivity contribution in [3.05, 3.63) is 42.0 Å². The summed E-state index contributed by atoms with van der Waals surface area (Å²) in [6.07, 6.45) is 6.83. The minimum atomic E-state index is -0.224. The molecule has 2 saturated carbocycles. The van der Waals surface area contributed by atoms with Gasteiger partial charge in [-0.15, -0.1) is 0 Å². The van der Waals surface area contributed by atoms with E-state index in [1.807, 2.05) is 0 Å². The third kappa shape index (κ3) is 1.19. The molecule has 0 unspecified atom stereocenters. The van der Waals surface area contributed by atoms with Crippen LogP contribution in [0, 0.1) is 17.3 Å². The van der Waals surface area contributed by atoms with Gasteiger partial charge in [-0.25, -0.2) is 0 Å². The number of anilines is 1. The van der Waals surface area contributed by atoms with Crippen molar-refractivity contribution in [2.75, 3.05) is 25.5 Å². The summed E-state index contributed by atoms with van der Waals surface area (Å²) >= 11 is 0. The van der Waals surface area contributed by atoms with Gasteiger partial charge in [0, 0.05) is 29.1 Å². The van der Waals surface area contributed by atoms with Crippen molar-refractivity contribution in [3.8, 4) is 0 Å². The first-order chi connectivity index (χ1) is 12.1. The molecule has 3 fully saturated rings. The van der Waals surface area contributed by atoms with E-state index in [2.05, 4.69) is 53.6 Å². The topological polar surface area (TPSA) is 41.6 Å². The largest absolute Gasteiger partial charge is 0.469 e. The number of fused-ring (bicyclic) bond motifs is 1. The van der Waals surface area contributed by atoms with Gasteiger partial charge in [-0.1, -0.05) is 37.3 Å². The number of benzene rings is 1. The van der Waals surface area contributed by atoms with E-state index in [0.717, 1.165) is 25.9 Å². The number of rotatable bonds is 1. The molecule has 4 nitrogen and oxygen atoms in total. The standard InChI is InChI=1S/C21H24N2O2/c1-13-19-8-5-10-23-11-9-20(18(19)23)14-6-3-4-7-16(14)22-21(13,20)15(12-19)17(24)25-2/h3-8,13,15,18,22H,9-12H2,1-2H3/t13-,15+,18+,19-,20-,21+/m1/s1. The van der Waals surface area contributed by atoms with Crippen LogP contribution in [0.3, 0.4) is 0 Å². The van der Waals surface area contributed by atoms with Crippen LogP contribution in [-0.4, -0.2) is 42.6 Å². The lowest BCUT2D eigenvalue weighted by molar-refractivity contribution is -0.149. The minimum absolute atomic E-state index is 0.0187. The Morgan fingerprint density at radius 2 is 2.20 bits per heavy atom. The van der Waals surface area contributed by atoms with Gasteiger partial charge in [0.05, 0.1) is 18.6 Å². The fraction of sp³-hybridized carbons (Fsp3) is 0.571. The summed E-state index contributed by atoms with van der Waals surface area (Å²) in [5, 5.41) is 3.92. The molecule has 4 heteroatoms. The molecule has 5 aliphatic rings. The number of hydrogen-bond acceptors (Lipinski definition) is 4. The zero-order chi connectivity index (χ0) is 17.0. The molecular formula is C21H24N2O2. The van der Waals surface area contributed by atoms with Crippen molar-refractivity contribution in [1.82, 2.24) is 4.90 Å². The molecular weight excluding hydrogens is 312 g/mol. The van der Waals surface area contributed by atoms with Crippen LogP contribution in [0.4, 0.5) is 5.69 Å². The molecule has 3 heterocycles. The number of hydrogen-bond donors (Lipinski definition) is 1. The Hall–Kier alpha value is -1.81. The number of nitrogens with zero attached hydrogens (tertiary/aromatic N) is 1. The molecule has 3 spiro atoms. The van der Waals surface area contributed by atoms with Gasteiger partial charge >= 0.3 is 5.97 Å². The number of ether oxygens (including phenoxy) is 1. The normalized spacial score (nSPS) is 48.0. The molecule has 1 aromatic rings. The summed E-state index contributed by atoms with van der Waals surface area (Å²) in [5.41, 5.74) is 2.53.